The average Bonchev–Trinajstić information content (AvgIpc) is 3.04. The molecule has 0 aliphatic carbocycles. The summed E-state index contributed by atoms with van der Waals surface area (Å²) in [5.41, 5.74) is 7.46. The molecule has 0 saturated carbocycles. The van der Waals surface area contributed by atoms with Crippen molar-refractivity contribution in [2.75, 3.05) is 32.5 Å². The number of nitrogen functional groups attached to an aromatic ring is 1. The number of rotatable bonds is 5. The first-order valence-electron chi connectivity index (χ1n) is 8.47. The van der Waals surface area contributed by atoms with E-state index in [-0.39, 0.29) is 18.4 Å². The number of nitrogens with two attached hydrogens (primary N) is 1. The van der Waals surface area contributed by atoms with Crippen LogP contribution >= 0.6 is 11.3 Å². The van der Waals surface area contributed by atoms with Gasteiger partial charge < -0.3 is 20.3 Å². The average molecular weight is 374 g/mol. The molecular weight excluding hydrogens is 352 g/mol. The van der Waals surface area contributed by atoms with Gasteiger partial charge in [-0.05, 0) is 24.1 Å². The van der Waals surface area contributed by atoms with E-state index in [4.69, 9.17) is 10.5 Å². The van der Waals surface area contributed by atoms with E-state index in [1.54, 1.807) is 16.9 Å². The first-order chi connectivity index (χ1) is 12.5. The fraction of sp³-hybridized carbons (Fsp3) is 0.389. The van der Waals surface area contributed by atoms with Gasteiger partial charge in [0.1, 0.15) is 17.2 Å². The molecule has 0 bridgehead atoms. The Morgan fingerprint density at radius 1 is 1.31 bits per heavy atom. The monoisotopic (exact) mass is 374 g/mol. The molecule has 2 heterocycles. The zero-order chi connectivity index (χ0) is 18.7. The molecule has 1 fully saturated rings. The third-order valence-corrected chi connectivity index (χ3v) is 5.30. The predicted molar refractivity (Wildman–Crippen MR) is 100 cm³/mol. The molecule has 26 heavy (non-hydrogen) atoms. The van der Waals surface area contributed by atoms with Crippen molar-refractivity contribution in [2.24, 2.45) is 0 Å². The highest BCUT2D eigenvalue weighted by Crippen LogP contribution is 2.24. The van der Waals surface area contributed by atoms with Gasteiger partial charge in [-0.25, -0.2) is 4.98 Å². The lowest BCUT2D eigenvalue weighted by atomic mass is 10.2. The van der Waals surface area contributed by atoms with Crippen LogP contribution in [-0.2, 0) is 17.8 Å². The third kappa shape index (κ3) is 3.80. The van der Waals surface area contributed by atoms with Crippen molar-refractivity contribution in [3.63, 3.8) is 0 Å². The van der Waals surface area contributed by atoms with Crippen LogP contribution in [0.2, 0.25) is 0 Å². The molecule has 8 heteroatoms. The van der Waals surface area contributed by atoms with Crippen molar-refractivity contribution >= 4 is 28.3 Å². The maximum absolute atomic E-state index is 12.7. The summed E-state index contributed by atoms with van der Waals surface area (Å²) in [6, 6.07) is 7.63. The molecule has 1 aliphatic heterocycles. The smallest absolute Gasteiger partial charge is 0.266 e. The minimum atomic E-state index is -0.159. The van der Waals surface area contributed by atoms with E-state index in [9.17, 15) is 9.59 Å². The Morgan fingerprint density at radius 2 is 2.04 bits per heavy atom. The number of carbonyl (C=O) groups is 2. The molecule has 2 amide bonds. The fourth-order valence-electron chi connectivity index (χ4n) is 2.92. The molecule has 0 spiro atoms. The summed E-state index contributed by atoms with van der Waals surface area (Å²) < 4.78 is 5.15. The molecule has 0 unspecified atom stereocenters. The van der Waals surface area contributed by atoms with E-state index in [0.717, 1.165) is 11.3 Å². The van der Waals surface area contributed by atoms with E-state index in [2.05, 4.69) is 4.98 Å². The van der Waals surface area contributed by atoms with E-state index < -0.39 is 0 Å². The van der Waals surface area contributed by atoms with Crippen LogP contribution in [0, 0.1) is 0 Å². The Balaban J connectivity index is 1.64. The molecule has 1 aromatic heterocycles. The third-order valence-electron chi connectivity index (χ3n) is 4.38. The Hall–Kier alpha value is -2.61. The standard InChI is InChI=1S/C18H22N4O3S/c1-3-14-16(26-18(19)20-14)17(24)22-9-8-21(15(23)11-22)10-12-4-6-13(25-2)7-5-12/h4-7H,3,8-11H2,1-2H3,(H2,19,20). The predicted octanol–water partition coefficient (Wildman–Crippen LogP) is 1.78. The number of benzene rings is 1. The summed E-state index contributed by atoms with van der Waals surface area (Å²) in [4.78, 5) is 33.3. The molecule has 2 aromatic rings. The van der Waals surface area contributed by atoms with Crippen LogP contribution in [0.25, 0.3) is 0 Å². The summed E-state index contributed by atoms with van der Waals surface area (Å²) in [6.45, 7) is 3.55. The van der Waals surface area contributed by atoms with Crippen LogP contribution in [-0.4, -0.2) is 53.3 Å². The second kappa shape index (κ2) is 7.74. The van der Waals surface area contributed by atoms with Crippen LogP contribution in [0.3, 0.4) is 0 Å². The number of thiazole rings is 1. The number of carbonyl (C=O) groups excluding carboxylic acids is 2. The summed E-state index contributed by atoms with van der Waals surface area (Å²) in [6.07, 6.45) is 0.639. The summed E-state index contributed by atoms with van der Waals surface area (Å²) in [7, 11) is 1.62. The summed E-state index contributed by atoms with van der Waals surface area (Å²) in [5, 5.41) is 0.384. The number of aromatic nitrogens is 1. The van der Waals surface area contributed by atoms with E-state index in [0.29, 0.717) is 41.8 Å². The Morgan fingerprint density at radius 3 is 2.65 bits per heavy atom. The van der Waals surface area contributed by atoms with Crippen LogP contribution in [0.15, 0.2) is 24.3 Å². The highest BCUT2D eigenvalue weighted by atomic mass is 32.1. The fourth-order valence-corrected chi connectivity index (χ4v) is 3.81. The van der Waals surface area contributed by atoms with Crippen LogP contribution < -0.4 is 10.5 Å². The lowest BCUT2D eigenvalue weighted by molar-refractivity contribution is -0.135. The number of amides is 2. The van der Waals surface area contributed by atoms with Crippen molar-refractivity contribution in [3.8, 4) is 5.75 Å². The topological polar surface area (TPSA) is 88.8 Å². The first-order valence-corrected chi connectivity index (χ1v) is 9.28. The molecule has 0 atom stereocenters. The molecule has 3 rings (SSSR count). The van der Waals surface area contributed by atoms with Gasteiger partial charge in [0.15, 0.2) is 5.13 Å². The highest BCUT2D eigenvalue weighted by molar-refractivity contribution is 7.17. The van der Waals surface area contributed by atoms with Gasteiger partial charge in [-0.15, -0.1) is 0 Å². The van der Waals surface area contributed by atoms with Gasteiger partial charge in [0.25, 0.3) is 5.91 Å². The molecule has 7 nitrogen and oxygen atoms in total. The summed E-state index contributed by atoms with van der Waals surface area (Å²) in [5.74, 6) is 0.565. The molecule has 2 N–H and O–H groups in total. The number of piperazine rings is 1. The van der Waals surface area contributed by atoms with Gasteiger partial charge in [0, 0.05) is 19.6 Å². The number of hydrogen-bond acceptors (Lipinski definition) is 6. The SMILES string of the molecule is CCc1nc(N)sc1C(=O)N1CCN(Cc2ccc(OC)cc2)C(=O)C1. The minimum Gasteiger partial charge on any atom is -0.497 e. The van der Waals surface area contributed by atoms with Gasteiger partial charge in [0.2, 0.25) is 5.91 Å². The normalized spacial score (nSPS) is 14.6. The molecular formula is C18H22N4O3S. The maximum Gasteiger partial charge on any atom is 0.266 e. The molecule has 1 aliphatic rings. The van der Waals surface area contributed by atoms with Gasteiger partial charge in [-0.1, -0.05) is 30.4 Å². The van der Waals surface area contributed by atoms with E-state index in [1.165, 1.54) is 11.3 Å². The first kappa shape index (κ1) is 18.2. The van der Waals surface area contributed by atoms with E-state index in [1.807, 2.05) is 31.2 Å². The second-order valence-corrected chi connectivity index (χ2v) is 7.10. The Bertz CT molecular complexity index is 803. The van der Waals surface area contributed by atoms with Crippen molar-refractivity contribution in [2.45, 2.75) is 19.9 Å². The van der Waals surface area contributed by atoms with Crippen molar-refractivity contribution in [1.82, 2.24) is 14.8 Å². The number of anilines is 1. The van der Waals surface area contributed by atoms with Crippen molar-refractivity contribution in [3.05, 3.63) is 40.4 Å². The second-order valence-electron chi connectivity index (χ2n) is 6.07. The zero-order valence-electron chi connectivity index (χ0n) is 14.9. The number of nitrogens with zero attached hydrogens (tertiary/aromatic N) is 3. The Kier molecular flexibility index (Phi) is 5.41. The van der Waals surface area contributed by atoms with Crippen molar-refractivity contribution < 1.29 is 14.3 Å². The lowest BCUT2D eigenvalue weighted by Crippen LogP contribution is -2.51. The van der Waals surface area contributed by atoms with Gasteiger partial charge in [-0.2, -0.15) is 0 Å². The van der Waals surface area contributed by atoms with Gasteiger partial charge >= 0.3 is 0 Å². The Labute approximate surface area is 156 Å². The molecule has 0 radical (unpaired) electrons. The largest absolute Gasteiger partial charge is 0.497 e. The molecule has 1 saturated heterocycles. The van der Waals surface area contributed by atoms with E-state index >= 15 is 0 Å². The summed E-state index contributed by atoms with van der Waals surface area (Å²) >= 11 is 1.19. The van der Waals surface area contributed by atoms with Crippen molar-refractivity contribution in [1.29, 1.82) is 0 Å². The molecule has 138 valence electrons. The zero-order valence-corrected chi connectivity index (χ0v) is 15.7. The number of hydrogen-bond donors (Lipinski definition) is 1. The van der Waals surface area contributed by atoms with Gasteiger partial charge in [-0.3, -0.25) is 9.59 Å². The lowest BCUT2D eigenvalue weighted by Gasteiger charge is -2.34. The number of ether oxygens (including phenoxy) is 1. The number of aryl methyl sites for hydroxylation is 1. The van der Waals surface area contributed by atoms with Gasteiger partial charge in [0.05, 0.1) is 12.8 Å². The molecule has 1 aromatic carbocycles. The highest BCUT2D eigenvalue weighted by Gasteiger charge is 2.30. The number of methoxy groups -OCH3 is 1. The van der Waals surface area contributed by atoms with Crippen LogP contribution in [0.4, 0.5) is 5.13 Å². The maximum atomic E-state index is 12.7. The quantitative estimate of drug-likeness (QED) is 0.862. The van der Waals surface area contributed by atoms with Crippen LogP contribution in [0.5, 0.6) is 5.75 Å². The van der Waals surface area contributed by atoms with Crippen LogP contribution in [0.1, 0.15) is 27.9 Å². The minimum absolute atomic E-state index is 0.0593.